The first-order valence-corrected chi connectivity index (χ1v) is 11.9. The van der Waals surface area contributed by atoms with Crippen molar-refractivity contribution < 1.29 is 74.2 Å². The largest absolute Gasteiger partial charge is 1.00 e. The van der Waals surface area contributed by atoms with Gasteiger partial charge in [-0.05, 0) is 37.1 Å². The summed E-state index contributed by atoms with van der Waals surface area (Å²) in [5.74, 6) is 0.512. The zero-order valence-corrected chi connectivity index (χ0v) is 22.0. The SMILES string of the molecule is CCCCCCCCCCCc1ccc(Oc2cccc(S(=O)(=O)O)c2)cc1[O-].[K+]. The van der Waals surface area contributed by atoms with Gasteiger partial charge in [-0.2, -0.15) is 8.42 Å². The van der Waals surface area contributed by atoms with Crippen molar-refractivity contribution >= 4 is 10.1 Å². The molecule has 160 valence electrons. The summed E-state index contributed by atoms with van der Waals surface area (Å²) in [7, 11) is -4.30. The Balaban J connectivity index is 0.00000450. The molecule has 7 heteroatoms. The van der Waals surface area contributed by atoms with E-state index in [2.05, 4.69) is 6.92 Å². The maximum absolute atomic E-state index is 12.3. The van der Waals surface area contributed by atoms with Gasteiger partial charge in [0.15, 0.2) is 0 Å². The van der Waals surface area contributed by atoms with E-state index in [-0.39, 0.29) is 67.8 Å². The van der Waals surface area contributed by atoms with Crippen molar-refractivity contribution in [3.63, 3.8) is 0 Å². The van der Waals surface area contributed by atoms with Gasteiger partial charge in [-0.25, -0.2) is 0 Å². The van der Waals surface area contributed by atoms with Crippen LogP contribution in [0.5, 0.6) is 17.2 Å². The standard InChI is InChI=1S/C23H32O5S.K/c1-2-3-4-5-6-7-8-9-10-12-19-15-16-21(18-23(19)24)28-20-13-11-14-22(17-20)29(25,26)27;/h11,13-18,24H,2-10,12H2,1H3,(H,25,26,27);/q;+1/p-1. The summed E-state index contributed by atoms with van der Waals surface area (Å²) in [5, 5.41) is 12.3. The van der Waals surface area contributed by atoms with Crippen LogP contribution in [0.1, 0.15) is 70.3 Å². The molecule has 0 unspecified atom stereocenters. The molecule has 0 amide bonds. The molecule has 0 fully saturated rings. The molecule has 0 bridgehead atoms. The number of benzene rings is 2. The summed E-state index contributed by atoms with van der Waals surface area (Å²) in [6.07, 6.45) is 11.9. The molecule has 0 aromatic heterocycles. The first-order valence-electron chi connectivity index (χ1n) is 10.5. The van der Waals surface area contributed by atoms with E-state index in [0.717, 1.165) is 24.8 Å². The Labute approximate surface area is 223 Å². The molecule has 5 nitrogen and oxygen atoms in total. The predicted molar refractivity (Wildman–Crippen MR) is 113 cm³/mol. The molecule has 2 aromatic rings. The topological polar surface area (TPSA) is 86.7 Å². The summed E-state index contributed by atoms with van der Waals surface area (Å²) < 4.78 is 37.1. The number of rotatable bonds is 13. The van der Waals surface area contributed by atoms with Crippen molar-refractivity contribution in [3.05, 3.63) is 48.0 Å². The number of hydrogen-bond donors (Lipinski definition) is 1. The molecule has 0 aliphatic heterocycles. The number of aryl methyl sites for hydroxylation is 1. The van der Waals surface area contributed by atoms with Crippen LogP contribution < -0.4 is 61.2 Å². The van der Waals surface area contributed by atoms with Gasteiger partial charge in [-0.3, -0.25) is 4.55 Å². The zero-order chi connectivity index (χ0) is 21.1. The Bertz CT molecular complexity index is 868. The minimum absolute atomic E-state index is 0. The van der Waals surface area contributed by atoms with Gasteiger partial charge < -0.3 is 9.84 Å². The molecule has 0 radical (unpaired) electrons. The van der Waals surface area contributed by atoms with E-state index in [1.165, 1.54) is 69.2 Å². The van der Waals surface area contributed by atoms with Gasteiger partial charge in [-0.15, -0.1) is 5.75 Å². The summed E-state index contributed by atoms with van der Waals surface area (Å²) in [5.41, 5.74) is 0.770. The Morgan fingerprint density at radius 3 is 2.07 bits per heavy atom. The minimum Gasteiger partial charge on any atom is -0.872 e. The average Bonchev–Trinajstić information content (AvgIpc) is 2.68. The Morgan fingerprint density at radius 1 is 0.867 bits per heavy atom. The third-order valence-electron chi connectivity index (χ3n) is 4.93. The monoisotopic (exact) mass is 458 g/mol. The number of hydrogen-bond acceptors (Lipinski definition) is 4. The second-order valence-corrected chi connectivity index (χ2v) is 8.82. The van der Waals surface area contributed by atoms with E-state index in [4.69, 9.17) is 9.29 Å². The van der Waals surface area contributed by atoms with Gasteiger partial charge in [0, 0.05) is 6.07 Å². The summed E-state index contributed by atoms with van der Waals surface area (Å²) in [4.78, 5) is -0.251. The van der Waals surface area contributed by atoms with Crippen LogP contribution in [-0.2, 0) is 16.5 Å². The average molecular weight is 459 g/mol. The van der Waals surface area contributed by atoms with Crippen LogP contribution in [0.15, 0.2) is 47.4 Å². The van der Waals surface area contributed by atoms with E-state index >= 15 is 0 Å². The van der Waals surface area contributed by atoms with Gasteiger partial charge in [0.25, 0.3) is 10.1 Å². The van der Waals surface area contributed by atoms with Crippen molar-refractivity contribution in [2.75, 3.05) is 0 Å². The fraction of sp³-hybridized carbons (Fsp3) is 0.478. The van der Waals surface area contributed by atoms with E-state index < -0.39 is 10.1 Å². The molecule has 0 aliphatic rings. The van der Waals surface area contributed by atoms with Gasteiger partial charge >= 0.3 is 51.4 Å². The van der Waals surface area contributed by atoms with Crippen molar-refractivity contribution in [3.8, 4) is 17.2 Å². The molecule has 0 aliphatic carbocycles. The molecule has 0 saturated carbocycles. The zero-order valence-electron chi connectivity index (χ0n) is 18.1. The quantitative estimate of drug-likeness (QED) is 0.283. The van der Waals surface area contributed by atoms with Gasteiger partial charge in [-0.1, -0.05) is 76.0 Å². The minimum atomic E-state index is -4.30. The molecular formula is C23H31KO5S. The maximum atomic E-state index is 12.3. The molecule has 1 N–H and O–H groups in total. The predicted octanol–water partition coefficient (Wildman–Crippen LogP) is 2.88. The first kappa shape index (κ1) is 27.6. The number of unbranched alkanes of at least 4 members (excludes halogenated alkanes) is 8. The Hall–Kier alpha value is -0.414. The summed E-state index contributed by atoms with van der Waals surface area (Å²) in [6.45, 7) is 2.23. The Morgan fingerprint density at radius 2 is 1.47 bits per heavy atom. The molecule has 2 rings (SSSR count). The normalized spacial score (nSPS) is 11.1. The molecule has 0 saturated heterocycles. The van der Waals surface area contributed by atoms with E-state index in [1.807, 2.05) is 0 Å². The molecule has 0 heterocycles. The van der Waals surface area contributed by atoms with Gasteiger partial charge in [0.1, 0.15) is 11.5 Å². The van der Waals surface area contributed by atoms with Crippen LogP contribution in [0.2, 0.25) is 0 Å². The summed E-state index contributed by atoms with van der Waals surface area (Å²) >= 11 is 0. The van der Waals surface area contributed by atoms with Crippen molar-refractivity contribution in [2.24, 2.45) is 0 Å². The fourth-order valence-corrected chi connectivity index (χ4v) is 3.78. The van der Waals surface area contributed by atoms with Crippen LogP contribution in [0.3, 0.4) is 0 Å². The van der Waals surface area contributed by atoms with Crippen molar-refractivity contribution in [1.29, 1.82) is 0 Å². The van der Waals surface area contributed by atoms with Crippen LogP contribution in [0, 0.1) is 0 Å². The van der Waals surface area contributed by atoms with E-state index in [9.17, 15) is 13.5 Å². The Kier molecular flexibility index (Phi) is 13.5. The van der Waals surface area contributed by atoms with Crippen molar-refractivity contribution in [2.45, 2.75) is 76.0 Å². The molecule has 0 spiro atoms. The third-order valence-corrected chi connectivity index (χ3v) is 5.78. The van der Waals surface area contributed by atoms with Gasteiger partial charge in [0.05, 0.1) is 4.90 Å². The second-order valence-electron chi connectivity index (χ2n) is 7.40. The van der Waals surface area contributed by atoms with E-state index in [1.54, 1.807) is 18.2 Å². The van der Waals surface area contributed by atoms with Crippen LogP contribution >= 0.6 is 0 Å². The van der Waals surface area contributed by atoms with Crippen LogP contribution in [0.4, 0.5) is 0 Å². The summed E-state index contributed by atoms with van der Waals surface area (Å²) in [6, 6.07) is 10.4. The first-order chi connectivity index (χ1) is 13.9. The molecular weight excluding hydrogens is 427 g/mol. The van der Waals surface area contributed by atoms with Crippen LogP contribution in [-0.4, -0.2) is 13.0 Å². The van der Waals surface area contributed by atoms with Crippen LogP contribution in [0.25, 0.3) is 0 Å². The number of ether oxygens (including phenoxy) is 1. The van der Waals surface area contributed by atoms with Crippen molar-refractivity contribution in [1.82, 2.24) is 0 Å². The molecule has 2 aromatic carbocycles. The fourth-order valence-electron chi connectivity index (χ4n) is 3.27. The van der Waals surface area contributed by atoms with E-state index in [0.29, 0.717) is 5.75 Å². The third kappa shape index (κ3) is 10.3. The smallest absolute Gasteiger partial charge is 0.872 e. The maximum Gasteiger partial charge on any atom is 1.00 e. The molecule has 30 heavy (non-hydrogen) atoms. The second kappa shape index (κ2) is 14.6. The molecule has 0 atom stereocenters. The van der Waals surface area contributed by atoms with Gasteiger partial charge in [0.2, 0.25) is 0 Å².